The number of piperazine rings is 3. The summed E-state index contributed by atoms with van der Waals surface area (Å²) in [6.07, 6.45) is 0. The Morgan fingerprint density at radius 1 is 0.812 bits per heavy atom. The highest BCUT2D eigenvalue weighted by Crippen LogP contribution is 2.06. The van der Waals surface area contributed by atoms with Gasteiger partial charge in [0.15, 0.2) is 0 Å². The molecule has 3 fully saturated rings. The summed E-state index contributed by atoms with van der Waals surface area (Å²) in [5, 5.41) is 8.29. The molecule has 0 saturated carbocycles. The summed E-state index contributed by atoms with van der Waals surface area (Å²) in [6, 6.07) is 11.2. The van der Waals surface area contributed by atoms with Crippen LogP contribution < -0.4 is 0 Å². The van der Waals surface area contributed by atoms with Gasteiger partial charge in [-0.25, -0.2) is 0 Å². The summed E-state index contributed by atoms with van der Waals surface area (Å²) in [5.74, 6) is 0. The molecule has 2 bridgehead atoms. The first-order valence-electron chi connectivity index (χ1n) is 5.78. The molecule has 16 heavy (non-hydrogen) atoms. The van der Waals surface area contributed by atoms with Crippen LogP contribution in [0.15, 0.2) is 30.3 Å². The first-order chi connectivity index (χ1) is 7.88. The van der Waals surface area contributed by atoms with Crippen LogP contribution in [0.5, 0.6) is 0 Å². The van der Waals surface area contributed by atoms with Crippen LogP contribution in [-0.2, 0) is 0 Å². The second kappa shape index (κ2) is 5.64. The van der Waals surface area contributed by atoms with Crippen LogP contribution in [0.4, 0.5) is 0 Å². The minimum Gasteiger partial charge on any atom is -0.300 e. The number of hydrogen-bond donors (Lipinski definition) is 0. The number of nitrogens with zero attached hydrogens (tertiary/aromatic N) is 3. The van der Waals surface area contributed by atoms with Crippen molar-refractivity contribution in [2.45, 2.75) is 0 Å². The maximum atomic E-state index is 8.29. The van der Waals surface area contributed by atoms with E-state index in [-0.39, 0.29) is 0 Å². The molecule has 3 aliphatic rings. The zero-order valence-electron chi connectivity index (χ0n) is 9.47. The van der Waals surface area contributed by atoms with Crippen molar-refractivity contribution >= 4 is 0 Å². The molecule has 3 heterocycles. The maximum Gasteiger partial charge on any atom is 0.0991 e. The SMILES string of the molecule is C1CN2CCN1CC2.N#Cc1ccccc1. The Balaban J connectivity index is 0.000000120. The molecule has 84 valence electrons. The van der Waals surface area contributed by atoms with Crippen molar-refractivity contribution in [3.8, 4) is 6.07 Å². The summed E-state index contributed by atoms with van der Waals surface area (Å²) >= 11 is 0. The monoisotopic (exact) mass is 215 g/mol. The van der Waals surface area contributed by atoms with Gasteiger partial charge < -0.3 is 0 Å². The lowest BCUT2D eigenvalue weighted by Gasteiger charge is -2.41. The molecule has 3 nitrogen and oxygen atoms in total. The third-order valence-electron chi connectivity index (χ3n) is 3.10. The van der Waals surface area contributed by atoms with E-state index < -0.39 is 0 Å². The summed E-state index contributed by atoms with van der Waals surface area (Å²) < 4.78 is 0. The lowest BCUT2D eigenvalue weighted by Crippen LogP contribution is -2.55. The molecule has 4 rings (SSSR count). The summed E-state index contributed by atoms with van der Waals surface area (Å²) in [4.78, 5) is 5.08. The van der Waals surface area contributed by atoms with Crippen molar-refractivity contribution in [1.82, 2.24) is 9.80 Å². The van der Waals surface area contributed by atoms with Crippen molar-refractivity contribution < 1.29 is 0 Å². The predicted molar refractivity (Wildman–Crippen MR) is 64.0 cm³/mol. The number of rotatable bonds is 0. The number of benzene rings is 1. The fourth-order valence-electron chi connectivity index (χ4n) is 2.03. The van der Waals surface area contributed by atoms with Gasteiger partial charge in [0.2, 0.25) is 0 Å². The third-order valence-corrected chi connectivity index (χ3v) is 3.10. The van der Waals surface area contributed by atoms with Crippen LogP contribution in [0.25, 0.3) is 0 Å². The van der Waals surface area contributed by atoms with Crippen LogP contribution in [0.3, 0.4) is 0 Å². The highest BCUT2D eigenvalue weighted by molar-refractivity contribution is 5.27. The molecule has 0 aromatic heterocycles. The fourth-order valence-corrected chi connectivity index (χ4v) is 2.03. The molecule has 3 aliphatic heterocycles. The van der Waals surface area contributed by atoms with E-state index in [9.17, 15) is 0 Å². The van der Waals surface area contributed by atoms with Crippen LogP contribution >= 0.6 is 0 Å². The van der Waals surface area contributed by atoms with E-state index in [1.807, 2.05) is 24.3 Å². The van der Waals surface area contributed by atoms with Crippen molar-refractivity contribution in [1.29, 1.82) is 5.26 Å². The number of hydrogen-bond acceptors (Lipinski definition) is 3. The molecule has 0 N–H and O–H groups in total. The Labute approximate surface area is 96.9 Å². The minimum atomic E-state index is 0.715. The van der Waals surface area contributed by atoms with Crippen molar-refractivity contribution in [2.75, 3.05) is 39.3 Å². The van der Waals surface area contributed by atoms with E-state index >= 15 is 0 Å². The van der Waals surface area contributed by atoms with E-state index in [1.54, 1.807) is 12.1 Å². The minimum absolute atomic E-state index is 0.715. The molecular formula is C13H17N3. The maximum absolute atomic E-state index is 8.29. The van der Waals surface area contributed by atoms with Crippen molar-refractivity contribution in [3.05, 3.63) is 35.9 Å². The van der Waals surface area contributed by atoms with Gasteiger partial charge in [0.25, 0.3) is 0 Å². The highest BCUT2D eigenvalue weighted by atomic mass is 15.3. The van der Waals surface area contributed by atoms with Gasteiger partial charge in [0.1, 0.15) is 0 Å². The van der Waals surface area contributed by atoms with E-state index in [0.29, 0.717) is 5.56 Å². The standard InChI is InChI=1S/C7H5N.C6H12N2/c8-6-7-4-2-1-3-5-7;1-2-8-5-3-7(1)4-6-8/h1-5H;1-6H2. The molecular weight excluding hydrogens is 198 g/mol. The van der Waals surface area contributed by atoms with Crippen molar-refractivity contribution in [2.24, 2.45) is 0 Å². The molecule has 0 amide bonds. The summed E-state index contributed by atoms with van der Waals surface area (Å²) in [7, 11) is 0. The van der Waals surface area contributed by atoms with Crippen LogP contribution in [0.2, 0.25) is 0 Å². The first-order valence-corrected chi connectivity index (χ1v) is 5.78. The Hall–Kier alpha value is -1.37. The van der Waals surface area contributed by atoms with Crippen LogP contribution in [-0.4, -0.2) is 49.1 Å². The summed E-state index contributed by atoms with van der Waals surface area (Å²) in [6.45, 7) is 7.92. The Bertz CT molecular complexity index is 324. The summed E-state index contributed by atoms with van der Waals surface area (Å²) in [5.41, 5.74) is 0.715. The smallest absolute Gasteiger partial charge is 0.0991 e. The lowest BCUT2D eigenvalue weighted by molar-refractivity contribution is 0.0647. The number of fused-ring (bicyclic) bond motifs is 3. The van der Waals surface area contributed by atoms with Gasteiger partial charge in [0, 0.05) is 39.3 Å². The highest BCUT2D eigenvalue weighted by Gasteiger charge is 2.21. The molecule has 0 radical (unpaired) electrons. The predicted octanol–water partition coefficient (Wildman–Crippen LogP) is 1.18. The first kappa shape index (κ1) is 11.1. The molecule has 1 aromatic carbocycles. The number of nitriles is 1. The second-order valence-corrected chi connectivity index (χ2v) is 4.16. The molecule has 0 spiro atoms. The third kappa shape index (κ3) is 3.06. The normalized spacial score (nSPS) is 26.4. The molecule has 3 heteroatoms. The molecule has 3 saturated heterocycles. The average molecular weight is 215 g/mol. The van der Waals surface area contributed by atoms with Gasteiger partial charge in [-0.15, -0.1) is 0 Å². The van der Waals surface area contributed by atoms with E-state index in [2.05, 4.69) is 9.80 Å². The Kier molecular flexibility index (Phi) is 3.92. The van der Waals surface area contributed by atoms with Crippen molar-refractivity contribution in [3.63, 3.8) is 0 Å². The molecule has 0 unspecified atom stereocenters. The Morgan fingerprint density at radius 3 is 1.50 bits per heavy atom. The second-order valence-electron chi connectivity index (χ2n) is 4.16. The van der Waals surface area contributed by atoms with E-state index in [1.165, 1.54) is 39.3 Å². The zero-order valence-corrected chi connectivity index (χ0v) is 9.47. The fraction of sp³-hybridized carbons (Fsp3) is 0.462. The largest absolute Gasteiger partial charge is 0.300 e. The molecule has 0 aliphatic carbocycles. The molecule has 1 aromatic rings. The van der Waals surface area contributed by atoms with Crippen LogP contribution in [0, 0.1) is 11.3 Å². The zero-order chi connectivity index (χ0) is 11.2. The quantitative estimate of drug-likeness (QED) is 0.651. The van der Waals surface area contributed by atoms with Crippen LogP contribution in [0.1, 0.15) is 5.56 Å². The van der Waals surface area contributed by atoms with E-state index in [0.717, 1.165) is 0 Å². The lowest BCUT2D eigenvalue weighted by atomic mass is 10.2. The van der Waals surface area contributed by atoms with Gasteiger partial charge in [-0.2, -0.15) is 5.26 Å². The molecule has 0 atom stereocenters. The van der Waals surface area contributed by atoms with Gasteiger partial charge in [-0.1, -0.05) is 18.2 Å². The average Bonchev–Trinajstić information content (AvgIpc) is 2.43. The van der Waals surface area contributed by atoms with Gasteiger partial charge >= 0.3 is 0 Å². The van der Waals surface area contributed by atoms with E-state index in [4.69, 9.17) is 5.26 Å². The topological polar surface area (TPSA) is 30.3 Å². The van der Waals surface area contributed by atoms with Gasteiger partial charge in [-0.3, -0.25) is 9.80 Å². The Morgan fingerprint density at radius 2 is 1.25 bits per heavy atom. The van der Waals surface area contributed by atoms with Gasteiger partial charge in [-0.05, 0) is 12.1 Å². The van der Waals surface area contributed by atoms with Gasteiger partial charge in [0.05, 0.1) is 11.6 Å².